The molecular formula is C10H12O2S6. The van der Waals surface area contributed by atoms with Gasteiger partial charge in [-0.1, -0.05) is 47.0 Å². The van der Waals surface area contributed by atoms with E-state index in [1.54, 1.807) is 70.6 Å². The van der Waals surface area contributed by atoms with Crippen molar-refractivity contribution in [1.82, 2.24) is 0 Å². The van der Waals surface area contributed by atoms with Crippen molar-refractivity contribution in [3.8, 4) is 0 Å². The van der Waals surface area contributed by atoms with Crippen molar-refractivity contribution < 1.29 is 10.2 Å². The van der Waals surface area contributed by atoms with Crippen LogP contribution in [-0.2, 0) is 0 Å². The Labute approximate surface area is 132 Å². The first-order chi connectivity index (χ1) is 8.73. The van der Waals surface area contributed by atoms with Crippen molar-refractivity contribution in [3.05, 3.63) is 26.8 Å². The second-order valence-electron chi connectivity index (χ2n) is 3.13. The van der Waals surface area contributed by atoms with E-state index in [1.165, 1.54) is 16.9 Å². The molecule has 0 radical (unpaired) electrons. The SMILES string of the molecule is CSC1=C(SC)SC(=C2SC(CO)=C(CO)S2)S1. The van der Waals surface area contributed by atoms with Gasteiger partial charge in [0.2, 0.25) is 0 Å². The molecule has 0 atom stereocenters. The molecule has 0 aromatic carbocycles. The molecular weight excluding hydrogens is 345 g/mol. The Balaban J connectivity index is 2.14. The quantitative estimate of drug-likeness (QED) is 0.779. The van der Waals surface area contributed by atoms with Crippen molar-refractivity contribution in [2.24, 2.45) is 0 Å². The first kappa shape index (κ1) is 15.6. The Morgan fingerprint density at radius 3 is 1.50 bits per heavy atom. The van der Waals surface area contributed by atoms with Gasteiger partial charge in [0.25, 0.3) is 0 Å². The van der Waals surface area contributed by atoms with Crippen LogP contribution in [0.2, 0.25) is 0 Å². The second-order valence-corrected chi connectivity index (χ2v) is 10.0. The third kappa shape index (κ3) is 3.28. The molecule has 2 aliphatic rings. The lowest BCUT2D eigenvalue weighted by Gasteiger charge is -2.01. The van der Waals surface area contributed by atoms with E-state index in [1.807, 2.05) is 0 Å². The minimum Gasteiger partial charge on any atom is -0.391 e. The van der Waals surface area contributed by atoms with Crippen LogP contribution in [0.4, 0.5) is 0 Å². The van der Waals surface area contributed by atoms with Crippen LogP contribution in [0.5, 0.6) is 0 Å². The molecule has 2 N–H and O–H groups in total. The molecule has 2 nitrogen and oxygen atoms in total. The van der Waals surface area contributed by atoms with Gasteiger partial charge in [0.05, 0.1) is 30.2 Å². The molecule has 0 fully saturated rings. The highest BCUT2D eigenvalue weighted by molar-refractivity contribution is 8.42. The first-order valence-corrected chi connectivity index (χ1v) is 10.7. The van der Waals surface area contributed by atoms with Gasteiger partial charge in [-0.3, -0.25) is 0 Å². The monoisotopic (exact) mass is 356 g/mol. The van der Waals surface area contributed by atoms with Crippen LogP contribution in [0.3, 0.4) is 0 Å². The Bertz CT molecular complexity index is 364. The smallest absolute Gasteiger partial charge is 0.0753 e. The average Bonchev–Trinajstić information content (AvgIpc) is 3.01. The summed E-state index contributed by atoms with van der Waals surface area (Å²) in [5, 5.41) is 18.5. The molecule has 2 rings (SSSR count). The van der Waals surface area contributed by atoms with Gasteiger partial charge in [-0.2, -0.15) is 0 Å². The number of aliphatic hydroxyl groups excluding tert-OH is 2. The third-order valence-electron chi connectivity index (χ3n) is 2.10. The lowest BCUT2D eigenvalue weighted by molar-refractivity contribution is 0.324. The summed E-state index contributed by atoms with van der Waals surface area (Å²) in [6.45, 7) is 0.0236. The molecule has 0 bridgehead atoms. The van der Waals surface area contributed by atoms with Gasteiger partial charge in [-0.05, 0) is 12.5 Å². The fourth-order valence-electron chi connectivity index (χ4n) is 1.29. The minimum atomic E-state index is 0.0118. The molecule has 0 aliphatic carbocycles. The molecule has 18 heavy (non-hydrogen) atoms. The van der Waals surface area contributed by atoms with Crippen molar-refractivity contribution >= 4 is 70.6 Å². The largest absolute Gasteiger partial charge is 0.391 e. The zero-order valence-corrected chi connectivity index (χ0v) is 14.7. The van der Waals surface area contributed by atoms with Gasteiger partial charge in [-0.25, -0.2) is 0 Å². The van der Waals surface area contributed by atoms with Gasteiger partial charge >= 0.3 is 0 Å². The maximum absolute atomic E-state index is 9.27. The topological polar surface area (TPSA) is 40.5 Å². The van der Waals surface area contributed by atoms with Crippen LogP contribution < -0.4 is 0 Å². The summed E-state index contributed by atoms with van der Waals surface area (Å²) >= 11 is 10.3. The summed E-state index contributed by atoms with van der Waals surface area (Å²) in [4.78, 5) is 1.77. The number of rotatable bonds is 4. The van der Waals surface area contributed by atoms with Crippen LogP contribution in [0, 0.1) is 0 Å². The summed E-state index contributed by atoms with van der Waals surface area (Å²) in [6.07, 6.45) is 4.19. The van der Waals surface area contributed by atoms with Gasteiger partial charge in [0.1, 0.15) is 0 Å². The lowest BCUT2D eigenvalue weighted by atomic mass is 10.5. The Hall–Kier alpha value is 1.24. The number of hydrogen-bond donors (Lipinski definition) is 2. The maximum atomic E-state index is 9.27. The molecule has 0 saturated heterocycles. The normalized spacial score (nSPS) is 20.7. The zero-order valence-electron chi connectivity index (χ0n) is 9.76. The molecule has 0 saturated carbocycles. The van der Waals surface area contributed by atoms with Crippen molar-refractivity contribution in [2.75, 3.05) is 25.7 Å². The van der Waals surface area contributed by atoms with Crippen LogP contribution in [0.1, 0.15) is 0 Å². The highest BCUT2D eigenvalue weighted by Crippen LogP contribution is 2.62. The molecule has 0 amide bonds. The van der Waals surface area contributed by atoms with Crippen LogP contribution in [-0.4, -0.2) is 35.9 Å². The lowest BCUT2D eigenvalue weighted by Crippen LogP contribution is -1.89. The number of thioether (sulfide) groups is 6. The standard InChI is InChI=1S/C10H12O2S6/c1-13-7-8(14-2)18-10(17-7)9-15-5(3-11)6(4-12)16-9/h11-12H,3-4H2,1-2H3. The van der Waals surface area contributed by atoms with E-state index in [4.69, 9.17) is 0 Å². The van der Waals surface area contributed by atoms with E-state index in [0.717, 1.165) is 9.81 Å². The fraction of sp³-hybridized carbons (Fsp3) is 0.400. The Kier molecular flexibility index (Phi) is 6.34. The summed E-state index contributed by atoms with van der Waals surface area (Å²) in [6, 6.07) is 0. The van der Waals surface area contributed by atoms with Crippen molar-refractivity contribution in [1.29, 1.82) is 0 Å². The van der Waals surface area contributed by atoms with E-state index >= 15 is 0 Å². The Morgan fingerprint density at radius 2 is 1.17 bits per heavy atom. The van der Waals surface area contributed by atoms with E-state index in [-0.39, 0.29) is 13.2 Å². The van der Waals surface area contributed by atoms with Gasteiger partial charge < -0.3 is 10.2 Å². The summed E-state index contributed by atoms with van der Waals surface area (Å²) in [7, 11) is 0. The summed E-state index contributed by atoms with van der Waals surface area (Å²) < 4.78 is 5.15. The maximum Gasteiger partial charge on any atom is 0.0753 e. The van der Waals surface area contributed by atoms with Gasteiger partial charge in [0.15, 0.2) is 0 Å². The molecule has 0 aromatic rings. The van der Waals surface area contributed by atoms with Crippen LogP contribution in [0.25, 0.3) is 0 Å². The van der Waals surface area contributed by atoms with E-state index in [0.29, 0.717) is 0 Å². The molecule has 0 unspecified atom stereocenters. The zero-order chi connectivity index (χ0) is 13.1. The highest BCUT2D eigenvalue weighted by Gasteiger charge is 2.28. The summed E-state index contributed by atoms with van der Waals surface area (Å²) in [5.74, 6) is 0. The average molecular weight is 357 g/mol. The van der Waals surface area contributed by atoms with Crippen molar-refractivity contribution in [3.63, 3.8) is 0 Å². The first-order valence-electron chi connectivity index (χ1n) is 4.95. The highest BCUT2D eigenvalue weighted by atomic mass is 32.3. The molecule has 2 aliphatic heterocycles. The van der Waals surface area contributed by atoms with Gasteiger partial charge in [0, 0.05) is 9.81 Å². The molecule has 0 aromatic heterocycles. The number of hydrogen-bond acceptors (Lipinski definition) is 8. The summed E-state index contributed by atoms with van der Waals surface area (Å²) in [5.41, 5.74) is 0. The fourth-order valence-corrected chi connectivity index (χ4v) is 9.06. The second kappa shape index (κ2) is 7.31. The van der Waals surface area contributed by atoms with Crippen LogP contribution in [0.15, 0.2) is 26.8 Å². The predicted molar refractivity (Wildman–Crippen MR) is 92.6 cm³/mol. The van der Waals surface area contributed by atoms with E-state index in [9.17, 15) is 10.2 Å². The minimum absolute atomic E-state index is 0.0118. The number of aliphatic hydroxyl groups is 2. The molecule has 2 heterocycles. The van der Waals surface area contributed by atoms with E-state index < -0.39 is 0 Å². The Morgan fingerprint density at radius 1 is 0.778 bits per heavy atom. The third-order valence-corrected chi connectivity index (χ3v) is 10.5. The molecule has 0 spiro atoms. The van der Waals surface area contributed by atoms with Gasteiger partial charge in [-0.15, -0.1) is 23.5 Å². The molecule has 8 heteroatoms. The van der Waals surface area contributed by atoms with Crippen molar-refractivity contribution in [2.45, 2.75) is 0 Å². The van der Waals surface area contributed by atoms with E-state index in [2.05, 4.69) is 12.5 Å². The molecule has 100 valence electrons. The predicted octanol–water partition coefficient (Wildman–Crippen LogP) is 4.12. The van der Waals surface area contributed by atoms with Crippen LogP contribution >= 0.6 is 70.6 Å².